The molecule has 0 aromatic rings. The summed E-state index contributed by atoms with van der Waals surface area (Å²) in [6.07, 6.45) is 59.3. The van der Waals surface area contributed by atoms with Crippen LogP contribution in [0.1, 0.15) is 265 Å². The molecule has 0 radical (unpaired) electrons. The summed E-state index contributed by atoms with van der Waals surface area (Å²) in [5.41, 5.74) is 0. The zero-order chi connectivity index (χ0) is 50.8. The number of carbonyl (C=O) groups excluding carboxylic acids is 2. The maximum Gasteiger partial charge on any atom is 0.306 e. The molecule has 10 heteroatoms. The van der Waals surface area contributed by atoms with Crippen LogP contribution in [-0.2, 0) is 27.9 Å². The van der Waals surface area contributed by atoms with E-state index in [2.05, 4.69) is 62.5 Å². The maximum absolute atomic E-state index is 13.5. The summed E-state index contributed by atoms with van der Waals surface area (Å²) in [7, 11) is 1.18. The van der Waals surface area contributed by atoms with E-state index < -0.39 is 26.6 Å². The third-order valence-corrected chi connectivity index (χ3v) is 13.7. The topological polar surface area (TPSA) is 114 Å². The number of rotatable bonds is 52. The number of nitrogens with zero attached hydrogens (tertiary/aromatic N) is 1. The predicted octanol–water partition coefficient (Wildman–Crippen LogP) is 16.7. The Morgan fingerprint density at radius 3 is 1.39 bits per heavy atom. The minimum Gasteiger partial charge on any atom is -0.756 e. The molecule has 0 saturated heterocycles. The predicted molar refractivity (Wildman–Crippen MR) is 293 cm³/mol. The van der Waals surface area contributed by atoms with Crippen molar-refractivity contribution in [3.8, 4) is 0 Å². The number of phosphoric ester groups is 1. The van der Waals surface area contributed by atoms with Crippen LogP contribution in [0.5, 0.6) is 0 Å². The molecule has 1 N–H and O–H groups in total. The molecule has 0 aromatic carbocycles. The van der Waals surface area contributed by atoms with E-state index in [9.17, 15) is 19.0 Å². The number of phosphoric acid groups is 1. The normalized spacial score (nSPS) is 14.1. The molecule has 3 unspecified atom stereocenters. The Hall–Kier alpha value is -2.03. The Kier molecular flexibility index (Phi) is 48.1. The highest BCUT2D eigenvalue weighted by molar-refractivity contribution is 7.45. The maximum atomic E-state index is 13.5. The van der Waals surface area contributed by atoms with Gasteiger partial charge in [-0.15, -0.1) is 0 Å². The van der Waals surface area contributed by atoms with Gasteiger partial charge in [-0.1, -0.05) is 217 Å². The summed E-state index contributed by atoms with van der Waals surface area (Å²) in [4.78, 5) is 39.8. The summed E-state index contributed by atoms with van der Waals surface area (Å²) in [6, 6.07) is -0.892. The molecule has 0 aromatic heterocycles. The first kappa shape index (κ1) is 67.0. The van der Waals surface area contributed by atoms with E-state index in [4.69, 9.17) is 13.8 Å². The van der Waals surface area contributed by atoms with Gasteiger partial charge in [0.15, 0.2) is 0 Å². The summed E-state index contributed by atoms with van der Waals surface area (Å²) >= 11 is 0. The fourth-order valence-electron chi connectivity index (χ4n) is 8.26. The first-order valence-electron chi connectivity index (χ1n) is 28.9. The van der Waals surface area contributed by atoms with Gasteiger partial charge >= 0.3 is 5.97 Å². The molecule has 404 valence electrons. The van der Waals surface area contributed by atoms with Gasteiger partial charge in [0.1, 0.15) is 19.3 Å². The van der Waals surface area contributed by atoms with Gasteiger partial charge < -0.3 is 28.5 Å². The highest BCUT2D eigenvalue weighted by Crippen LogP contribution is 2.38. The second-order valence-corrected chi connectivity index (χ2v) is 22.2. The molecule has 0 saturated carbocycles. The van der Waals surface area contributed by atoms with E-state index in [0.29, 0.717) is 17.4 Å². The van der Waals surface area contributed by atoms with E-state index >= 15 is 0 Å². The number of ether oxygens (including phenoxy) is 1. The third kappa shape index (κ3) is 50.7. The number of amides is 1. The van der Waals surface area contributed by atoms with E-state index in [1.807, 2.05) is 33.3 Å². The van der Waals surface area contributed by atoms with Gasteiger partial charge in [0, 0.05) is 12.8 Å². The first-order chi connectivity index (χ1) is 33.4. The van der Waals surface area contributed by atoms with Crippen LogP contribution in [-0.4, -0.2) is 69.4 Å². The van der Waals surface area contributed by atoms with Gasteiger partial charge in [-0.25, -0.2) is 0 Å². The van der Waals surface area contributed by atoms with Crippen molar-refractivity contribution in [3.05, 3.63) is 48.6 Å². The Labute approximate surface area is 427 Å². The molecule has 0 bridgehead atoms. The van der Waals surface area contributed by atoms with Crippen LogP contribution in [0.3, 0.4) is 0 Å². The van der Waals surface area contributed by atoms with Crippen molar-refractivity contribution in [2.75, 3.05) is 40.9 Å². The second kappa shape index (κ2) is 49.5. The third-order valence-electron chi connectivity index (χ3n) is 12.7. The molecule has 3 atom stereocenters. The smallest absolute Gasteiger partial charge is 0.306 e. The zero-order valence-corrected chi connectivity index (χ0v) is 46.9. The fourth-order valence-corrected chi connectivity index (χ4v) is 8.98. The van der Waals surface area contributed by atoms with Crippen molar-refractivity contribution >= 4 is 19.7 Å². The molecule has 0 aliphatic carbocycles. The number of likely N-dealkylation sites (N-methyl/N-ethyl adjacent to an activating group) is 1. The number of carbonyl (C=O) groups is 2. The van der Waals surface area contributed by atoms with E-state index in [1.54, 1.807) is 0 Å². The van der Waals surface area contributed by atoms with Crippen LogP contribution >= 0.6 is 7.82 Å². The highest BCUT2D eigenvalue weighted by Gasteiger charge is 2.27. The summed E-state index contributed by atoms with van der Waals surface area (Å²) in [6.45, 7) is 6.73. The van der Waals surface area contributed by atoms with Gasteiger partial charge in [0.25, 0.3) is 7.82 Å². The lowest BCUT2D eigenvalue weighted by molar-refractivity contribution is -0.870. The lowest BCUT2D eigenvalue weighted by Crippen LogP contribution is -2.47. The van der Waals surface area contributed by atoms with Crippen molar-refractivity contribution in [2.45, 2.75) is 277 Å². The number of nitrogens with one attached hydrogen (secondary N) is 1. The number of allylic oxidation sites excluding steroid dienone is 7. The van der Waals surface area contributed by atoms with Crippen LogP contribution in [0.25, 0.3) is 0 Å². The molecule has 1 amide bonds. The molecule has 0 fully saturated rings. The van der Waals surface area contributed by atoms with Gasteiger partial charge in [-0.05, 0) is 83.1 Å². The Bertz CT molecular complexity index is 1330. The van der Waals surface area contributed by atoms with Crippen molar-refractivity contribution in [3.63, 3.8) is 0 Å². The number of hydrogen-bond acceptors (Lipinski definition) is 7. The van der Waals surface area contributed by atoms with Crippen LogP contribution in [0.4, 0.5) is 0 Å². The quantitative estimate of drug-likeness (QED) is 0.0212. The number of unbranched alkanes of at least 4 members (excludes halogenated alkanes) is 30. The van der Waals surface area contributed by atoms with Crippen LogP contribution in [0.15, 0.2) is 48.6 Å². The molecule has 0 aliphatic heterocycles. The van der Waals surface area contributed by atoms with Crippen molar-refractivity contribution in [1.82, 2.24) is 5.32 Å². The SMILES string of the molecule is CC/C=C/C/C=C/CCCCCCCCCC(=O)NC(COP(=O)([O-])OCC[N+](C)(C)C)C(/C=C/CCCCCCCCCCCC)OC(=O)CCCCCCCCC/C=C/CCCCCCCC. The van der Waals surface area contributed by atoms with E-state index in [-0.39, 0.29) is 24.9 Å². The molecular weight excluding hydrogens is 880 g/mol. The summed E-state index contributed by atoms with van der Waals surface area (Å²) < 4.78 is 30.2. The largest absolute Gasteiger partial charge is 0.756 e. The van der Waals surface area contributed by atoms with E-state index in [0.717, 1.165) is 96.3 Å². The summed E-state index contributed by atoms with van der Waals surface area (Å²) in [5, 5.41) is 3.02. The summed E-state index contributed by atoms with van der Waals surface area (Å²) in [5.74, 6) is -0.551. The highest BCUT2D eigenvalue weighted by atomic mass is 31.2. The zero-order valence-electron chi connectivity index (χ0n) is 46.0. The molecule has 0 heterocycles. The number of quaternary nitrogens is 1. The van der Waals surface area contributed by atoms with Crippen LogP contribution in [0.2, 0.25) is 0 Å². The van der Waals surface area contributed by atoms with Gasteiger partial charge in [0.2, 0.25) is 5.91 Å². The minimum absolute atomic E-state index is 0.0246. The molecule has 9 nitrogen and oxygen atoms in total. The van der Waals surface area contributed by atoms with Crippen LogP contribution < -0.4 is 10.2 Å². The molecule has 0 aliphatic rings. The van der Waals surface area contributed by atoms with Gasteiger partial charge in [-0.3, -0.25) is 14.2 Å². The average molecular weight is 992 g/mol. The average Bonchev–Trinajstić information content (AvgIpc) is 3.31. The Morgan fingerprint density at radius 2 is 0.928 bits per heavy atom. The fraction of sp³-hybridized carbons (Fsp3) is 0.831. The lowest BCUT2D eigenvalue weighted by Gasteiger charge is -2.30. The van der Waals surface area contributed by atoms with Crippen molar-refractivity contribution in [1.29, 1.82) is 0 Å². The van der Waals surface area contributed by atoms with Crippen LogP contribution in [0, 0.1) is 0 Å². The first-order valence-corrected chi connectivity index (χ1v) is 30.4. The molecule has 0 rings (SSSR count). The second-order valence-electron chi connectivity index (χ2n) is 20.8. The molecular formula is C59H111N2O7P. The van der Waals surface area contributed by atoms with Crippen molar-refractivity contribution < 1.29 is 37.3 Å². The number of hydrogen-bond donors (Lipinski definition) is 1. The van der Waals surface area contributed by atoms with Gasteiger partial charge in [-0.2, -0.15) is 0 Å². The Morgan fingerprint density at radius 1 is 0.522 bits per heavy atom. The minimum atomic E-state index is -4.69. The monoisotopic (exact) mass is 991 g/mol. The standard InChI is InChI=1S/C59H111N2O7P/c1-7-10-13-16-19-22-25-28-30-31-32-34-37-40-43-46-49-52-59(63)68-57(50-47-44-41-38-35-27-24-21-18-15-12-9-3)56(55-67-69(64,65)66-54-53-61(4,5)6)60-58(62)51-48-45-42-39-36-33-29-26-23-20-17-14-11-8-2/h11,14,20,23,28,30,47,50,56-57H,7-10,12-13,15-19,21-22,24-27,29,31-46,48-49,51-55H2,1-6H3,(H-,60,62,64,65)/b14-11+,23-20+,30-28+,50-47+. The number of esters is 1. The lowest BCUT2D eigenvalue weighted by atomic mass is 10.0. The van der Waals surface area contributed by atoms with Gasteiger partial charge in [0.05, 0.1) is 33.8 Å². The Balaban J connectivity index is 5.34. The molecule has 69 heavy (non-hydrogen) atoms. The molecule has 0 spiro atoms. The van der Waals surface area contributed by atoms with Crippen molar-refractivity contribution in [2.24, 2.45) is 0 Å². The van der Waals surface area contributed by atoms with E-state index in [1.165, 1.54) is 135 Å².